The molecular formula is C22H29ClN4O2S. The van der Waals surface area contributed by atoms with Crippen molar-refractivity contribution in [2.75, 3.05) is 31.0 Å². The van der Waals surface area contributed by atoms with E-state index in [1.807, 2.05) is 44.0 Å². The minimum atomic E-state index is 0.300. The molecule has 0 unspecified atom stereocenters. The first kappa shape index (κ1) is 22.6. The molecule has 3 rings (SSSR count). The number of hydrogen-bond donors (Lipinski definition) is 1. The van der Waals surface area contributed by atoms with Gasteiger partial charge in [0, 0.05) is 12.7 Å². The molecule has 0 bridgehead atoms. The van der Waals surface area contributed by atoms with Crippen molar-refractivity contribution < 1.29 is 9.47 Å². The van der Waals surface area contributed by atoms with Gasteiger partial charge in [0.2, 0.25) is 5.95 Å². The van der Waals surface area contributed by atoms with Crippen molar-refractivity contribution in [1.82, 2.24) is 9.97 Å². The Labute approximate surface area is 189 Å². The largest absolute Gasteiger partial charge is 0.497 e. The van der Waals surface area contributed by atoms with Gasteiger partial charge in [0.15, 0.2) is 5.15 Å². The third-order valence-corrected chi connectivity index (χ3v) is 6.05. The van der Waals surface area contributed by atoms with Crippen LogP contribution in [0.3, 0.4) is 0 Å². The summed E-state index contributed by atoms with van der Waals surface area (Å²) in [6, 6.07) is 5.85. The Kier molecular flexibility index (Phi) is 7.72. The van der Waals surface area contributed by atoms with Crippen LogP contribution in [0.5, 0.6) is 5.75 Å². The van der Waals surface area contributed by atoms with E-state index < -0.39 is 0 Å². The van der Waals surface area contributed by atoms with Crippen molar-refractivity contribution in [2.24, 2.45) is 5.92 Å². The van der Waals surface area contributed by atoms with E-state index in [9.17, 15) is 0 Å². The van der Waals surface area contributed by atoms with E-state index in [0.717, 1.165) is 29.3 Å². The lowest BCUT2D eigenvalue weighted by Crippen LogP contribution is -2.19. The fourth-order valence-electron chi connectivity index (χ4n) is 3.81. The van der Waals surface area contributed by atoms with E-state index in [4.69, 9.17) is 33.3 Å². The van der Waals surface area contributed by atoms with E-state index in [-0.39, 0.29) is 0 Å². The molecule has 0 aliphatic heterocycles. The summed E-state index contributed by atoms with van der Waals surface area (Å²) in [6.07, 6.45) is 6.29. The zero-order valence-corrected chi connectivity index (χ0v) is 19.6. The van der Waals surface area contributed by atoms with E-state index in [1.165, 1.54) is 25.7 Å². The standard InChI is InChI=1S/C22H29ClN4O2S/c1-14-13-17(28-4)9-10-18(14)27(3)21-24-15(2)19(20(23)26-21)25-22(30)29-12-11-16-7-5-6-8-16/h9-10,13,16H,5-8,11-12H2,1-4H3,(H,25,30). The topological polar surface area (TPSA) is 59.5 Å². The molecule has 0 saturated heterocycles. The van der Waals surface area contributed by atoms with Crippen LogP contribution in [0.25, 0.3) is 0 Å². The Bertz CT molecular complexity index is 880. The van der Waals surface area contributed by atoms with Gasteiger partial charge in [-0.2, -0.15) is 4.98 Å². The van der Waals surface area contributed by atoms with Gasteiger partial charge in [-0.1, -0.05) is 37.3 Å². The van der Waals surface area contributed by atoms with Crippen LogP contribution < -0.4 is 15.0 Å². The van der Waals surface area contributed by atoms with Gasteiger partial charge < -0.3 is 19.7 Å². The number of thiocarbonyl (C=S) groups is 1. The van der Waals surface area contributed by atoms with E-state index in [1.54, 1.807) is 7.11 Å². The first-order chi connectivity index (χ1) is 14.4. The second-order valence-electron chi connectivity index (χ2n) is 7.69. The van der Waals surface area contributed by atoms with Crippen molar-refractivity contribution >= 4 is 46.3 Å². The summed E-state index contributed by atoms with van der Waals surface area (Å²) in [5.74, 6) is 2.07. The van der Waals surface area contributed by atoms with Crippen molar-refractivity contribution in [3.8, 4) is 5.75 Å². The SMILES string of the molecule is COc1ccc(N(C)c2nc(C)c(NC(=S)OCCC3CCCC3)c(Cl)n2)c(C)c1. The number of nitrogens with one attached hydrogen (secondary N) is 1. The third-order valence-electron chi connectivity index (χ3n) is 5.56. The molecule has 6 nitrogen and oxygen atoms in total. The first-order valence-electron chi connectivity index (χ1n) is 10.2. The van der Waals surface area contributed by atoms with Crippen LogP contribution in [0.2, 0.25) is 5.15 Å². The molecule has 1 fully saturated rings. The lowest BCUT2D eigenvalue weighted by atomic mass is 10.1. The maximum absolute atomic E-state index is 6.46. The predicted molar refractivity (Wildman–Crippen MR) is 126 cm³/mol. The highest BCUT2D eigenvalue weighted by Gasteiger charge is 2.18. The smallest absolute Gasteiger partial charge is 0.261 e. The molecule has 0 amide bonds. The normalized spacial score (nSPS) is 13.9. The molecule has 30 heavy (non-hydrogen) atoms. The Morgan fingerprint density at radius 1 is 1.27 bits per heavy atom. The fourth-order valence-corrected chi connectivity index (χ4v) is 4.26. The number of halogens is 1. The third kappa shape index (κ3) is 5.52. The van der Waals surface area contributed by atoms with Crippen LogP contribution in [0.1, 0.15) is 43.4 Å². The van der Waals surface area contributed by atoms with Crippen molar-refractivity contribution in [1.29, 1.82) is 0 Å². The van der Waals surface area contributed by atoms with Gasteiger partial charge in [0.25, 0.3) is 5.17 Å². The summed E-state index contributed by atoms with van der Waals surface area (Å²) in [7, 11) is 3.56. The van der Waals surface area contributed by atoms with Crippen LogP contribution in [0.15, 0.2) is 18.2 Å². The number of methoxy groups -OCH3 is 1. The zero-order valence-electron chi connectivity index (χ0n) is 18.0. The Morgan fingerprint density at radius 2 is 2.00 bits per heavy atom. The maximum Gasteiger partial charge on any atom is 0.261 e. The summed E-state index contributed by atoms with van der Waals surface area (Å²) in [5.41, 5.74) is 3.29. The summed E-state index contributed by atoms with van der Waals surface area (Å²) < 4.78 is 11.0. The number of nitrogens with zero attached hydrogens (tertiary/aromatic N) is 3. The zero-order chi connectivity index (χ0) is 21.7. The second kappa shape index (κ2) is 10.3. The van der Waals surface area contributed by atoms with Gasteiger partial charge in [-0.15, -0.1) is 0 Å². The van der Waals surface area contributed by atoms with Gasteiger partial charge in [-0.3, -0.25) is 0 Å². The number of benzene rings is 1. The molecule has 1 saturated carbocycles. The number of rotatable bonds is 7. The van der Waals surface area contributed by atoms with E-state index in [0.29, 0.717) is 34.3 Å². The fraction of sp³-hybridized carbons (Fsp3) is 0.500. The Balaban J connectivity index is 1.66. The lowest BCUT2D eigenvalue weighted by molar-refractivity contribution is 0.273. The minimum Gasteiger partial charge on any atom is -0.497 e. The van der Waals surface area contributed by atoms with Crippen molar-refractivity contribution in [3.05, 3.63) is 34.6 Å². The number of aromatic nitrogens is 2. The second-order valence-corrected chi connectivity index (χ2v) is 8.42. The molecular weight excluding hydrogens is 420 g/mol. The predicted octanol–water partition coefficient (Wildman–Crippen LogP) is 5.82. The molecule has 1 aliphatic carbocycles. The molecule has 1 aliphatic rings. The van der Waals surface area contributed by atoms with Gasteiger partial charge in [-0.25, -0.2) is 4.98 Å². The molecule has 0 spiro atoms. The monoisotopic (exact) mass is 448 g/mol. The number of hydrogen-bond acceptors (Lipinski definition) is 6. The molecule has 162 valence electrons. The molecule has 2 aromatic rings. The highest BCUT2D eigenvalue weighted by molar-refractivity contribution is 7.80. The number of aryl methyl sites for hydroxylation is 2. The van der Waals surface area contributed by atoms with Gasteiger partial charge in [-0.05, 0) is 62.2 Å². The van der Waals surface area contributed by atoms with E-state index in [2.05, 4.69) is 15.3 Å². The molecule has 0 atom stereocenters. The van der Waals surface area contributed by atoms with Gasteiger partial charge in [0.05, 0.1) is 19.4 Å². The molecule has 8 heteroatoms. The van der Waals surface area contributed by atoms with Crippen LogP contribution >= 0.6 is 23.8 Å². The highest BCUT2D eigenvalue weighted by atomic mass is 35.5. The molecule has 0 radical (unpaired) electrons. The van der Waals surface area contributed by atoms with Crippen LogP contribution in [0, 0.1) is 19.8 Å². The first-order valence-corrected chi connectivity index (χ1v) is 11.0. The highest BCUT2D eigenvalue weighted by Crippen LogP contribution is 2.31. The maximum atomic E-state index is 6.46. The van der Waals surface area contributed by atoms with Crippen molar-refractivity contribution in [3.63, 3.8) is 0 Å². The van der Waals surface area contributed by atoms with Crippen LogP contribution in [-0.4, -0.2) is 35.9 Å². The van der Waals surface area contributed by atoms with Gasteiger partial charge in [0.1, 0.15) is 11.4 Å². The number of anilines is 3. The minimum absolute atomic E-state index is 0.300. The van der Waals surface area contributed by atoms with Gasteiger partial charge >= 0.3 is 0 Å². The quantitative estimate of drug-likeness (QED) is 0.423. The Hall–Kier alpha value is -2.12. The van der Waals surface area contributed by atoms with Crippen LogP contribution in [0.4, 0.5) is 17.3 Å². The number of ether oxygens (including phenoxy) is 2. The summed E-state index contributed by atoms with van der Waals surface area (Å²) >= 11 is 11.8. The molecule has 1 heterocycles. The summed E-state index contributed by atoms with van der Waals surface area (Å²) in [5, 5.41) is 3.66. The van der Waals surface area contributed by atoms with Crippen LogP contribution in [-0.2, 0) is 4.74 Å². The van der Waals surface area contributed by atoms with Crippen molar-refractivity contribution in [2.45, 2.75) is 46.0 Å². The van der Waals surface area contributed by atoms with E-state index >= 15 is 0 Å². The molecule has 1 aromatic heterocycles. The summed E-state index contributed by atoms with van der Waals surface area (Å²) in [6.45, 7) is 4.50. The molecule has 1 N–H and O–H groups in total. The molecule has 1 aromatic carbocycles. The lowest BCUT2D eigenvalue weighted by Gasteiger charge is -2.21. The summed E-state index contributed by atoms with van der Waals surface area (Å²) in [4.78, 5) is 11.0. The Morgan fingerprint density at radius 3 is 2.63 bits per heavy atom. The average Bonchev–Trinajstić information content (AvgIpc) is 3.23. The average molecular weight is 449 g/mol.